The number of H-pyrrole nitrogens is 1. The first-order valence-electron chi connectivity index (χ1n) is 15.4. The van der Waals surface area contributed by atoms with Gasteiger partial charge in [-0.15, -0.1) is 15.3 Å². The number of tetrazole rings is 1. The number of esters is 1. The van der Waals surface area contributed by atoms with Crippen LogP contribution in [0.4, 0.5) is 0 Å². The fraction of sp³-hybridized carbons (Fsp3) is 0.222. The number of hydrogen-bond acceptors (Lipinski definition) is 8. The average molecular weight is 630 g/mol. The second kappa shape index (κ2) is 14.8. The minimum absolute atomic E-state index is 0.339. The minimum atomic E-state index is -0.339. The van der Waals surface area contributed by atoms with Gasteiger partial charge in [0.25, 0.3) is 0 Å². The molecule has 0 saturated carbocycles. The lowest BCUT2D eigenvalue weighted by atomic mass is 9.98. The molecule has 0 unspecified atom stereocenters. The maximum absolute atomic E-state index is 12.2. The van der Waals surface area contributed by atoms with E-state index < -0.39 is 0 Å². The first-order valence-corrected chi connectivity index (χ1v) is 16.4. The largest absolute Gasteiger partial charge is 0.465 e. The molecule has 1 N–H and O–H groups in total. The van der Waals surface area contributed by atoms with E-state index in [4.69, 9.17) is 14.8 Å². The van der Waals surface area contributed by atoms with Crippen LogP contribution in [0.3, 0.4) is 0 Å². The van der Waals surface area contributed by atoms with E-state index in [-0.39, 0.29) is 5.97 Å². The van der Waals surface area contributed by atoms with Crippen LogP contribution in [0.15, 0.2) is 102 Å². The summed E-state index contributed by atoms with van der Waals surface area (Å²) in [4.78, 5) is 17.2. The molecule has 0 bridgehead atoms. The standard InChI is InChI=1S/C36H35N7O2S/c1-3-4-5-14-33-37-36(46-24-26-17-21-28(22-18-26)30-11-7-9-13-32(30)35(44)45-2)40-43(33)23-25-15-19-27(20-16-25)29-10-6-8-12-31(29)34-38-41-42-39-34/h6-13,15-22H,3-5,14,23-24H2,1-2H3,(H,38,39,41,42). The normalized spacial score (nSPS) is 11.1. The minimum Gasteiger partial charge on any atom is -0.465 e. The Hall–Kier alpha value is -5.09. The number of hydrogen-bond donors (Lipinski definition) is 1. The SMILES string of the molecule is CCCCCc1nc(SCc2ccc(-c3ccccc3C(=O)OC)cc2)nn1Cc1ccc(-c2ccccc2-c2nn[nH]n2)cc1. The number of ether oxygens (including phenoxy) is 1. The zero-order chi connectivity index (χ0) is 31.7. The van der Waals surface area contributed by atoms with Gasteiger partial charge in [0, 0.05) is 17.7 Å². The van der Waals surface area contributed by atoms with Crippen LogP contribution in [-0.4, -0.2) is 48.5 Å². The van der Waals surface area contributed by atoms with Crippen molar-refractivity contribution in [3.8, 4) is 33.6 Å². The van der Waals surface area contributed by atoms with Crippen LogP contribution in [0.25, 0.3) is 33.6 Å². The monoisotopic (exact) mass is 629 g/mol. The van der Waals surface area contributed by atoms with Crippen LogP contribution in [0.1, 0.15) is 53.5 Å². The Balaban J connectivity index is 1.16. The molecule has 10 heteroatoms. The van der Waals surface area contributed by atoms with Crippen molar-refractivity contribution in [2.75, 3.05) is 7.11 Å². The second-order valence-electron chi connectivity index (χ2n) is 10.9. The predicted molar refractivity (Wildman–Crippen MR) is 180 cm³/mol. The molecule has 0 saturated heterocycles. The highest BCUT2D eigenvalue weighted by atomic mass is 32.2. The summed E-state index contributed by atoms with van der Waals surface area (Å²) in [7, 11) is 1.40. The highest BCUT2D eigenvalue weighted by molar-refractivity contribution is 7.98. The van der Waals surface area contributed by atoms with E-state index in [1.54, 1.807) is 17.8 Å². The molecule has 6 rings (SSSR count). The third kappa shape index (κ3) is 7.24. The smallest absolute Gasteiger partial charge is 0.338 e. The number of carbonyl (C=O) groups excluding carboxylic acids is 1. The lowest BCUT2D eigenvalue weighted by Crippen LogP contribution is -2.07. The molecule has 6 aromatic rings. The number of benzene rings is 4. The number of unbranched alkanes of at least 4 members (excludes halogenated alkanes) is 2. The number of nitrogens with zero attached hydrogens (tertiary/aromatic N) is 6. The van der Waals surface area contributed by atoms with Crippen LogP contribution >= 0.6 is 11.8 Å². The summed E-state index contributed by atoms with van der Waals surface area (Å²) in [5, 5.41) is 20.3. The van der Waals surface area contributed by atoms with Gasteiger partial charge < -0.3 is 4.74 Å². The van der Waals surface area contributed by atoms with Crippen molar-refractivity contribution in [1.82, 2.24) is 35.4 Å². The van der Waals surface area contributed by atoms with Crippen LogP contribution < -0.4 is 0 Å². The fourth-order valence-electron chi connectivity index (χ4n) is 5.38. The summed E-state index contributed by atoms with van der Waals surface area (Å²) in [6.07, 6.45) is 4.30. The van der Waals surface area contributed by atoms with Crippen molar-refractivity contribution in [2.45, 2.75) is 50.1 Å². The second-order valence-corrected chi connectivity index (χ2v) is 11.9. The Morgan fingerprint density at radius 2 is 1.50 bits per heavy atom. The Morgan fingerprint density at radius 1 is 0.826 bits per heavy atom. The molecular formula is C36H35N7O2S. The third-order valence-electron chi connectivity index (χ3n) is 7.81. The van der Waals surface area contributed by atoms with Crippen LogP contribution in [0.2, 0.25) is 0 Å². The Morgan fingerprint density at radius 3 is 2.20 bits per heavy atom. The average Bonchev–Trinajstić information content (AvgIpc) is 3.78. The van der Waals surface area contributed by atoms with Crippen molar-refractivity contribution in [3.05, 3.63) is 120 Å². The number of nitrogens with one attached hydrogen (secondary N) is 1. The van der Waals surface area contributed by atoms with E-state index in [2.05, 4.69) is 70.0 Å². The van der Waals surface area contributed by atoms with Crippen LogP contribution in [0, 0.1) is 0 Å². The van der Waals surface area contributed by atoms with Gasteiger partial charge in [0.1, 0.15) is 5.82 Å². The van der Waals surface area contributed by atoms with E-state index in [9.17, 15) is 4.79 Å². The lowest BCUT2D eigenvalue weighted by molar-refractivity contribution is 0.0601. The first-order chi connectivity index (χ1) is 22.6. The van der Waals surface area contributed by atoms with E-state index in [0.29, 0.717) is 17.9 Å². The van der Waals surface area contributed by atoms with Gasteiger partial charge in [-0.25, -0.2) is 14.5 Å². The predicted octanol–water partition coefficient (Wildman–Crippen LogP) is 7.65. The van der Waals surface area contributed by atoms with E-state index in [1.165, 1.54) is 7.11 Å². The molecule has 0 spiro atoms. The van der Waals surface area contributed by atoms with E-state index in [1.807, 2.05) is 53.2 Å². The maximum atomic E-state index is 12.2. The van der Waals surface area contributed by atoms with E-state index >= 15 is 0 Å². The summed E-state index contributed by atoms with van der Waals surface area (Å²) in [6, 6.07) is 32.4. The van der Waals surface area contributed by atoms with Gasteiger partial charge in [-0.3, -0.25) is 0 Å². The van der Waals surface area contributed by atoms with E-state index in [0.717, 1.165) is 81.4 Å². The van der Waals surface area contributed by atoms with Gasteiger partial charge >= 0.3 is 5.97 Å². The van der Waals surface area contributed by atoms with Gasteiger partial charge in [-0.1, -0.05) is 123 Å². The molecule has 0 aliphatic carbocycles. The summed E-state index contributed by atoms with van der Waals surface area (Å²) in [6.45, 7) is 2.86. The van der Waals surface area contributed by atoms with Gasteiger partial charge in [0.15, 0.2) is 0 Å². The lowest BCUT2D eigenvalue weighted by Gasteiger charge is -2.09. The molecule has 46 heavy (non-hydrogen) atoms. The van der Waals surface area contributed by atoms with Gasteiger partial charge in [0.05, 0.1) is 19.2 Å². The Labute approximate surface area is 272 Å². The van der Waals surface area contributed by atoms with Crippen molar-refractivity contribution in [2.24, 2.45) is 0 Å². The highest BCUT2D eigenvalue weighted by Gasteiger charge is 2.15. The van der Waals surface area contributed by atoms with Crippen molar-refractivity contribution in [3.63, 3.8) is 0 Å². The molecule has 0 aliphatic rings. The maximum Gasteiger partial charge on any atom is 0.338 e. The topological polar surface area (TPSA) is 111 Å². The zero-order valence-corrected chi connectivity index (χ0v) is 26.7. The molecule has 2 aromatic heterocycles. The Bertz CT molecular complexity index is 1890. The van der Waals surface area contributed by atoms with Crippen molar-refractivity contribution in [1.29, 1.82) is 0 Å². The zero-order valence-electron chi connectivity index (χ0n) is 25.9. The number of aryl methyl sites for hydroxylation is 1. The van der Waals surface area contributed by atoms with Gasteiger partial charge in [-0.05, 0) is 51.1 Å². The summed E-state index contributed by atoms with van der Waals surface area (Å²) in [5.41, 5.74) is 7.76. The molecule has 4 aromatic carbocycles. The highest BCUT2D eigenvalue weighted by Crippen LogP contribution is 2.30. The number of carbonyl (C=O) groups is 1. The number of aromatic amines is 1. The summed E-state index contributed by atoms with van der Waals surface area (Å²) in [5.74, 6) is 1.99. The number of thioether (sulfide) groups is 1. The number of methoxy groups -OCH3 is 1. The van der Waals surface area contributed by atoms with Gasteiger partial charge in [-0.2, -0.15) is 5.21 Å². The Kier molecular flexibility index (Phi) is 9.94. The molecule has 0 fully saturated rings. The number of aromatic nitrogens is 7. The molecule has 0 aliphatic heterocycles. The van der Waals surface area contributed by atoms with Crippen LogP contribution in [0.5, 0.6) is 0 Å². The molecule has 0 atom stereocenters. The summed E-state index contributed by atoms with van der Waals surface area (Å²) < 4.78 is 7.01. The van der Waals surface area contributed by atoms with Gasteiger partial charge in [0.2, 0.25) is 11.0 Å². The quantitative estimate of drug-likeness (QED) is 0.0788. The molecule has 232 valence electrons. The molecule has 0 radical (unpaired) electrons. The molecule has 2 heterocycles. The first kappa shape index (κ1) is 30.9. The van der Waals surface area contributed by atoms with Crippen molar-refractivity contribution >= 4 is 17.7 Å². The third-order valence-corrected chi connectivity index (χ3v) is 8.72. The van der Waals surface area contributed by atoms with Crippen LogP contribution in [-0.2, 0) is 23.5 Å². The van der Waals surface area contributed by atoms with Crippen molar-refractivity contribution < 1.29 is 9.53 Å². The molecule has 0 amide bonds. The fourth-order valence-corrected chi connectivity index (χ4v) is 6.19. The molecule has 9 nitrogen and oxygen atoms in total. The molecular weight excluding hydrogens is 595 g/mol. The summed E-state index contributed by atoms with van der Waals surface area (Å²) >= 11 is 1.63. The number of rotatable bonds is 13.